The van der Waals surface area contributed by atoms with Gasteiger partial charge in [-0.1, -0.05) is 78.7 Å². The molecule has 0 aliphatic carbocycles. The number of hydrogen-bond donors (Lipinski definition) is 1. The van der Waals surface area contributed by atoms with Crippen molar-refractivity contribution in [2.75, 3.05) is 18.6 Å². The fraction of sp³-hybridized carbons (Fsp3) is 0.258. The molecule has 1 saturated heterocycles. The standard InChI is InChI=1S/C31H29ClN4O5S2/c1-3-4-7-16-41-23-11-10-20(17-24(23)40-2)26-25(27(37)19-12-14-33-15-13-19)28(38)29(39)36(26)30-34-35-31(43-30)42-18-21-8-5-6-9-22(21)32/h5-6,8-15,17,26,37H,3-4,7,16,18H2,1-2H3/b27-25+. The Bertz CT molecular complexity index is 1650. The number of amides is 1. The molecule has 0 radical (unpaired) electrons. The molecule has 1 unspecified atom stereocenters. The summed E-state index contributed by atoms with van der Waals surface area (Å²) in [5, 5.41) is 20.8. The van der Waals surface area contributed by atoms with Crippen LogP contribution in [0.4, 0.5) is 5.13 Å². The van der Waals surface area contributed by atoms with Crippen molar-refractivity contribution in [2.45, 2.75) is 42.3 Å². The molecule has 2 aromatic carbocycles. The first-order valence-electron chi connectivity index (χ1n) is 13.6. The van der Waals surface area contributed by atoms with E-state index in [4.69, 9.17) is 21.1 Å². The molecule has 1 aliphatic heterocycles. The van der Waals surface area contributed by atoms with Crippen LogP contribution in [0.2, 0.25) is 5.02 Å². The van der Waals surface area contributed by atoms with E-state index in [1.165, 1.54) is 47.5 Å². The lowest BCUT2D eigenvalue weighted by atomic mass is 9.95. The van der Waals surface area contributed by atoms with Gasteiger partial charge in [0.2, 0.25) is 5.13 Å². The smallest absolute Gasteiger partial charge is 0.301 e. The molecule has 3 heterocycles. The van der Waals surface area contributed by atoms with Gasteiger partial charge in [-0.2, -0.15) is 0 Å². The molecule has 5 rings (SSSR count). The van der Waals surface area contributed by atoms with Crippen LogP contribution in [0.5, 0.6) is 11.5 Å². The Balaban J connectivity index is 1.53. The summed E-state index contributed by atoms with van der Waals surface area (Å²) in [6.45, 7) is 2.65. The van der Waals surface area contributed by atoms with Gasteiger partial charge in [-0.15, -0.1) is 10.2 Å². The minimum absolute atomic E-state index is 0.0738. The predicted octanol–water partition coefficient (Wildman–Crippen LogP) is 7.08. The zero-order chi connectivity index (χ0) is 30.3. The number of pyridine rings is 1. The number of benzene rings is 2. The Morgan fingerprint density at radius 2 is 1.86 bits per heavy atom. The Morgan fingerprint density at radius 1 is 1.07 bits per heavy atom. The van der Waals surface area contributed by atoms with E-state index in [0.29, 0.717) is 44.3 Å². The maximum Gasteiger partial charge on any atom is 0.301 e. The summed E-state index contributed by atoms with van der Waals surface area (Å²) >= 11 is 8.91. The van der Waals surface area contributed by atoms with E-state index in [1.54, 1.807) is 30.3 Å². The number of Topliss-reactive ketones (excluding diaryl/α,β-unsaturated/α-hetero) is 1. The third-order valence-electron chi connectivity index (χ3n) is 6.82. The van der Waals surface area contributed by atoms with Gasteiger partial charge in [-0.25, -0.2) is 0 Å². The molecule has 12 heteroatoms. The molecule has 1 atom stereocenters. The normalized spacial score (nSPS) is 16.1. The molecule has 1 amide bonds. The highest BCUT2D eigenvalue weighted by molar-refractivity contribution is 8.00. The van der Waals surface area contributed by atoms with Gasteiger partial charge in [0.15, 0.2) is 15.8 Å². The number of rotatable bonds is 12. The van der Waals surface area contributed by atoms with Gasteiger partial charge in [0.05, 0.1) is 25.3 Å². The Kier molecular flexibility index (Phi) is 9.96. The van der Waals surface area contributed by atoms with E-state index in [1.807, 2.05) is 24.3 Å². The number of hydrogen-bond acceptors (Lipinski definition) is 10. The lowest BCUT2D eigenvalue weighted by Crippen LogP contribution is -2.29. The van der Waals surface area contributed by atoms with Crippen molar-refractivity contribution < 1.29 is 24.2 Å². The summed E-state index contributed by atoms with van der Waals surface area (Å²) < 4.78 is 12.2. The van der Waals surface area contributed by atoms with E-state index in [-0.39, 0.29) is 16.5 Å². The molecule has 1 fully saturated rings. The van der Waals surface area contributed by atoms with Crippen LogP contribution in [0.1, 0.15) is 48.9 Å². The van der Waals surface area contributed by atoms with Crippen LogP contribution in [0.15, 0.2) is 76.9 Å². The Morgan fingerprint density at radius 3 is 2.60 bits per heavy atom. The highest BCUT2D eigenvalue weighted by Gasteiger charge is 2.48. The second kappa shape index (κ2) is 14.0. The summed E-state index contributed by atoms with van der Waals surface area (Å²) in [5.74, 6) is -0.434. The van der Waals surface area contributed by atoms with Gasteiger partial charge in [-0.3, -0.25) is 19.5 Å². The third-order valence-corrected chi connectivity index (χ3v) is 9.29. The minimum atomic E-state index is -0.995. The summed E-state index contributed by atoms with van der Waals surface area (Å²) in [6.07, 6.45) is 6.02. The molecule has 1 aliphatic rings. The number of aliphatic hydroxyl groups excluding tert-OH is 1. The number of methoxy groups -OCH3 is 1. The van der Waals surface area contributed by atoms with Crippen LogP contribution >= 0.6 is 34.7 Å². The average Bonchev–Trinajstić information content (AvgIpc) is 3.60. The largest absolute Gasteiger partial charge is 0.507 e. The number of ether oxygens (including phenoxy) is 2. The summed E-state index contributed by atoms with van der Waals surface area (Å²) in [4.78, 5) is 32.4. The van der Waals surface area contributed by atoms with Crippen LogP contribution < -0.4 is 14.4 Å². The lowest BCUT2D eigenvalue weighted by molar-refractivity contribution is -0.132. The van der Waals surface area contributed by atoms with Gasteiger partial charge < -0.3 is 14.6 Å². The summed E-state index contributed by atoms with van der Waals surface area (Å²) in [5.41, 5.74) is 1.75. The summed E-state index contributed by atoms with van der Waals surface area (Å²) in [7, 11) is 1.53. The molecule has 2 aromatic heterocycles. The van der Waals surface area contributed by atoms with Crippen molar-refractivity contribution >= 4 is 57.3 Å². The van der Waals surface area contributed by atoms with Crippen LogP contribution in [0.3, 0.4) is 0 Å². The van der Waals surface area contributed by atoms with Gasteiger partial charge in [0, 0.05) is 28.7 Å². The SMILES string of the molecule is CCCCCOc1ccc(C2/C(=C(\O)c3ccncc3)C(=O)C(=O)N2c2nnc(SCc3ccccc3Cl)s2)cc1OC. The number of aromatic nitrogens is 3. The van der Waals surface area contributed by atoms with Gasteiger partial charge in [0.25, 0.3) is 5.78 Å². The van der Waals surface area contributed by atoms with Crippen molar-refractivity contribution in [3.05, 3.63) is 94.3 Å². The third kappa shape index (κ3) is 6.69. The Labute approximate surface area is 262 Å². The molecule has 222 valence electrons. The molecular weight excluding hydrogens is 608 g/mol. The first-order valence-corrected chi connectivity index (χ1v) is 15.8. The maximum absolute atomic E-state index is 13.6. The topological polar surface area (TPSA) is 115 Å². The number of halogens is 1. The fourth-order valence-electron chi connectivity index (χ4n) is 4.63. The van der Waals surface area contributed by atoms with E-state index in [0.717, 1.165) is 24.8 Å². The quantitative estimate of drug-likeness (QED) is 0.0435. The number of thioether (sulfide) groups is 1. The number of carbonyl (C=O) groups excluding carboxylic acids is 2. The molecular formula is C31H29ClN4O5S2. The molecule has 1 N–H and O–H groups in total. The highest BCUT2D eigenvalue weighted by atomic mass is 35.5. The van der Waals surface area contributed by atoms with Crippen molar-refractivity contribution in [3.8, 4) is 11.5 Å². The maximum atomic E-state index is 13.6. The zero-order valence-corrected chi connectivity index (χ0v) is 25.9. The average molecular weight is 637 g/mol. The number of nitrogens with zero attached hydrogens (tertiary/aromatic N) is 4. The van der Waals surface area contributed by atoms with Crippen LogP contribution in [-0.2, 0) is 15.3 Å². The highest BCUT2D eigenvalue weighted by Crippen LogP contribution is 2.45. The first kappa shape index (κ1) is 30.5. The monoisotopic (exact) mass is 636 g/mol. The van der Waals surface area contributed by atoms with Crippen molar-refractivity contribution in [1.82, 2.24) is 15.2 Å². The molecule has 0 saturated carbocycles. The van der Waals surface area contributed by atoms with Crippen LogP contribution in [-0.4, -0.2) is 45.7 Å². The predicted molar refractivity (Wildman–Crippen MR) is 168 cm³/mol. The second-order valence-corrected chi connectivity index (χ2v) is 12.2. The number of aliphatic hydroxyl groups is 1. The van der Waals surface area contributed by atoms with E-state index in [9.17, 15) is 14.7 Å². The van der Waals surface area contributed by atoms with Gasteiger partial charge in [0.1, 0.15) is 5.76 Å². The second-order valence-electron chi connectivity index (χ2n) is 9.60. The molecule has 9 nitrogen and oxygen atoms in total. The van der Waals surface area contributed by atoms with E-state index < -0.39 is 17.7 Å². The first-order chi connectivity index (χ1) is 20.9. The molecule has 0 bridgehead atoms. The fourth-order valence-corrected chi connectivity index (χ4v) is 6.78. The van der Waals surface area contributed by atoms with Gasteiger partial charge in [-0.05, 0) is 47.9 Å². The van der Waals surface area contributed by atoms with E-state index >= 15 is 0 Å². The van der Waals surface area contributed by atoms with Gasteiger partial charge >= 0.3 is 5.91 Å². The lowest BCUT2D eigenvalue weighted by Gasteiger charge is -2.23. The number of unbranched alkanes of at least 4 members (excludes halogenated alkanes) is 2. The van der Waals surface area contributed by atoms with Crippen molar-refractivity contribution in [1.29, 1.82) is 0 Å². The zero-order valence-electron chi connectivity index (χ0n) is 23.5. The van der Waals surface area contributed by atoms with Crippen LogP contribution in [0, 0.1) is 0 Å². The Hall–Kier alpha value is -3.93. The summed E-state index contributed by atoms with van der Waals surface area (Å²) in [6, 6.07) is 14.9. The number of ketones is 1. The molecule has 4 aromatic rings. The number of carbonyl (C=O) groups is 2. The van der Waals surface area contributed by atoms with E-state index in [2.05, 4.69) is 22.1 Å². The molecule has 43 heavy (non-hydrogen) atoms. The number of anilines is 1. The van der Waals surface area contributed by atoms with Crippen molar-refractivity contribution in [3.63, 3.8) is 0 Å². The minimum Gasteiger partial charge on any atom is -0.507 e. The van der Waals surface area contributed by atoms with Crippen molar-refractivity contribution in [2.24, 2.45) is 0 Å². The van der Waals surface area contributed by atoms with Crippen LogP contribution in [0.25, 0.3) is 5.76 Å². The molecule has 0 spiro atoms.